The number of rotatable bonds is 4. The lowest BCUT2D eigenvalue weighted by Gasteiger charge is -2.22. The van der Waals surface area contributed by atoms with Crippen molar-refractivity contribution in [2.45, 2.75) is 24.7 Å². The lowest BCUT2D eigenvalue weighted by Crippen LogP contribution is -2.28. The van der Waals surface area contributed by atoms with Crippen molar-refractivity contribution in [1.29, 1.82) is 0 Å². The van der Waals surface area contributed by atoms with E-state index < -0.39 is 0 Å². The van der Waals surface area contributed by atoms with Crippen molar-refractivity contribution in [3.63, 3.8) is 0 Å². The molecular weight excluding hydrogens is 230 g/mol. The van der Waals surface area contributed by atoms with E-state index in [9.17, 15) is 0 Å². The Labute approximate surface area is 108 Å². The lowest BCUT2D eigenvalue weighted by atomic mass is 10.0. The predicted molar refractivity (Wildman–Crippen MR) is 74.0 cm³/mol. The summed E-state index contributed by atoms with van der Waals surface area (Å²) in [4.78, 5) is 1.39. The van der Waals surface area contributed by atoms with Crippen LogP contribution in [0.5, 0.6) is 5.75 Å². The van der Waals surface area contributed by atoms with Crippen LogP contribution in [-0.2, 0) is 0 Å². The van der Waals surface area contributed by atoms with Crippen LogP contribution in [0, 0.1) is 12.8 Å². The number of benzene rings is 1. The Bertz CT molecular complexity index is 361. The van der Waals surface area contributed by atoms with E-state index in [0.29, 0.717) is 0 Å². The number of aryl methyl sites for hydroxylation is 1. The average Bonchev–Trinajstić information content (AvgIpc) is 2.38. The highest BCUT2D eigenvalue weighted by atomic mass is 32.2. The van der Waals surface area contributed by atoms with Crippen LogP contribution in [0.25, 0.3) is 0 Å². The largest absolute Gasteiger partial charge is 0.497 e. The van der Waals surface area contributed by atoms with Gasteiger partial charge in [-0.2, -0.15) is 0 Å². The Hall–Kier alpha value is -0.670. The van der Waals surface area contributed by atoms with Gasteiger partial charge in [-0.15, -0.1) is 11.8 Å². The summed E-state index contributed by atoms with van der Waals surface area (Å²) < 4.78 is 5.23. The molecule has 0 unspecified atom stereocenters. The zero-order valence-corrected chi connectivity index (χ0v) is 11.5. The quantitative estimate of drug-likeness (QED) is 0.831. The minimum absolute atomic E-state index is 0.878. The standard InChI is InChI=1S/C14H21NOS/c1-11-9-13(16-2)3-4-14(11)17-10-12-5-7-15-8-6-12/h3-4,9,12,15H,5-8,10H2,1-2H3. The summed E-state index contributed by atoms with van der Waals surface area (Å²) in [5.74, 6) is 3.07. The summed E-state index contributed by atoms with van der Waals surface area (Å²) in [6.07, 6.45) is 2.64. The molecule has 0 aromatic heterocycles. The van der Waals surface area contributed by atoms with Gasteiger partial charge in [0.25, 0.3) is 0 Å². The molecule has 0 bridgehead atoms. The van der Waals surface area contributed by atoms with Crippen molar-refractivity contribution in [2.24, 2.45) is 5.92 Å². The maximum absolute atomic E-state index is 5.23. The van der Waals surface area contributed by atoms with Crippen LogP contribution in [0.4, 0.5) is 0 Å². The second-order valence-corrected chi connectivity index (χ2v) is 5.70. The monoisotopic (exact) mass is 251 g/mol. The molecule has 94 valence electrons. The first-order valence-electron chi connectivity index (χ1n) is 6.28. The van der Waals surface area contributed by atoms with E-state index in [1.807, 2.05) is 11.8 Å². The van der Waals surface area contributed by atoms with Gasteiger partial charge in [-0.1, -0.05) is 0 Å². The molecule has 1 aromatic carbocycles. The van der Waals surface area contributed by atoms with E-state index in [2.05, 4.69) is 30.4 Å². The van der Waals surface area contributed by atoms with Gasteiger partial charge in [0.15, 0.2) is 0 Å². The number of ether oxygens (including phenoxy) is 1. The summed E-state index contributed by atoms with van der Waals surface area (Å²) in [6.45, 7) is 4.53. The molecule has 0 spiro atoms. The summed E-state index contributed by atoms with van der Waals surface area (Å²) >= 11 is 1.99. The Morgan fingerprint density at radius 1 is 1.35 bits per heavy atom. The van der Waals surface area contributed by atoms with Crippen molar-refractivity contribution >= 4 is 11.8 Å². The van der Waals surface area contributed by atoms with Crippen LogP contribution in [0.1, 0.15) is 18.4 Å². The molecule has 3 heteroatoms. The Morgan fingerprint density at radius 3 is 2.76 bits per heavy atom. The zero-order valence-electron chi connectivity index (χ0n) is 10.7. The molecule has 1 aliphatic rings. The molecule has 0 radical (unpaired) electrons. The molecule has 0 amide bonds. The highest BCUT2D eigenvalue weighted by Gasteiger charge is 2.13. The van der Waals surface area contributed by atoms with Crippen LogP contribution >= 0.6 is 11.8 Å². The first-order valence-corrected chi connectivity index (χ1v) is 7.26. The third-order valence-corrected chi connectivity index (χ3v) is 4.72. The third kappa shape index (κ3) is 3.65. The van der Waals surface area contributed by atoms with Crippen molar-refractivity contribution in [2.75, 3.05) is 26.0 Å². The van der Waals surface area contributed by atoms with Gasteiger partial charge in [0.1, 0.15) is 5.75 Å². The number of hydrogen-bond acceptors (Lipinski definition) is 3. The van der Waals surface area contributed by atoms with E-state index in [1.54, 1.807) is 7.11 Å². The molecule has 1 aromatic rings. The molecule has 17 heavy (non-hydrogen) atoms. The number of piperidine rings is 1. The molecule has 0 aliphatic carbocycles. The number of thioether (sulfide) groups is 1. The average molecular weight is 251 g/mol. The van der Waals surface area contributed by atoms with Crippen LogP contribution in [0.2, 0.25) is 0 Å². The molecule has 1 N–H and O–H groups in total. The van der Waals surface area contributed by atoms with E-state index in [4.69, 9.17) is 4.74 Å². The molecule has 2 rings (SSSR count). The molecule has 0 saturated carbocycles. The van der Waals surface area contributed by atoms with Crippen molar-refractivity contribution in [1.82, 2.24) is 5.32 Å². The smallest absolute Gasteiger partial charge is 0.119 e. The lowest BCUT2D eigenvalue weighted by molar-refractivity contribution is 0.408. The van der Waals surface area contributed by atoms with Crippen LogP contribution in [0.3, 0.4) is 0 Å². The third-order valence-electron chi connectivity index (χ3n) is 3.32. The Morgan fingerprint density at radius 2 is 2.12 bits per heavy atom. The van der Waals surface area contributed by atoms with Gasteiger partial charge in [-0.05, 0) is 62.5 Å². The molecular formula is C14H21NOS. The van der Waals surface area contributed by atoms with Crippen LogP contribution < -0.4 is 10.1 Å². The van der Waals surface area contributed by atoms with Gasteiger partial charge in [0, 0.05) is 10.6 Å². The van der Waals surface area contributed by atoms with Crippen molar-refractivity contribution < 1.29 is 4.74 Å². The summed E-state index contributed by atoms with van der Waals surface area (Å²) in [6, 6.07) is 6.35. The van der Waals surface area contributed by atoms with Gasteiger partial charge in [0.05, 0.1) is 7.11 Å². The Balaban J connectivity index is 1.89. The highest BCUT2D eigenvalue weighted by Crippen LogP contribution is 2.29. The van der Waals surface area contributed by atoms with E-state index >= 15 is 0 Å². The second kappa shape index (κ2) is 6.31. The first kappa shape index (κ1) is 12.8. The molecule has 2 nitrogen and oxygen atoms in total. The summed E-state index contributed by atoms with van der Waals surface area (Å²) in [5.41, 5.74) is 1.32. The van der Waals surface area contributed by atoms with Crippen molar-refractivity contribution in [3.8, 4) is 5.75 Å². The topological polar surface area (TPSA) is 21.3 Å². The Kier molecular flexibility index (Phi) is 4.75. The van der Waals surface area contributed by atoms with Gasteiger partial charge in [-0.3, -0.25) is 0 Å². The zero-order chi connectivity index (χ0) is 12.1. The molecule has 1 aliphatic heterocycles. The van der Waals surface area contributed by atoms with Gasteiger partial charge in [0.2, 0.25) is 0 Å². The maximum atomic E-state index is 5.23. The van der Waals surface area contributed by atoms with Crippen LogP contribution in [0.15, 0.2) is 23.1 Å². The number of methoxy groups -OCH3 is 1. The fraction of sp³-hybridized carbons (Fsp3) is 0.571. The molecule has 1 heterocycles. The molecule has 1 fully saturated rings. The summed E-state index contributed by atoms with van der Waals surface area (Å²) in [5, 5.41) is 3.41. The second-order valence-electron chi connectivity index (χ2n) is 4.64. The highest BCUT2D eigenvalue weighted by molar-refractivity contribution is 7.99. The van der Waals surface area contributed by atoms with E-state index in [0.717, 1.165) is 11.7 Å². The number of nitrogens with one attached hydrogen (secondary N) is 1. The van der Waals surface area contributed by atoms with Gasteiger partial charge < -0.3 is 10.1 Å². The first-order chi connectivity index (χ1) is 8.29. The fourth-order valence-electron chi connectivity index (χ4n) is 2.17. The SMILES string of the molecule is COc1ccc(SCC2CCNCC2)c(C)c1. The van der Waals surface area contributed by atoms with Gasteiger partial charge in [-0.25, -0.2) is 0 Å². The maximum Gasteiger partial charge on any atom is 0.119 e. The summed E-state index contributed by atoms with van der Waals surface area (Å²) in [7, 11) is 1.72. The predicted octanol–water partition coefficient (Wildman–Crippen LogP) is 3.10. The molecule has 1 saturated heterocycles. The number of hydrogen-bond donors (Lipinski definition) is 1. The normalized spacial score (nSPS) is 17.1. The molecule has 0 atom stereocenters. The van der Waals surface area contributed by atoms with Crippen molar-refractivity contribution in [3.05, 3.63) is 23.8 Å². The fourth-order valence-corrected chi connectivity index (χ4v) is 3.37. The minimum Gasteiger partial charge on any atom is -0.497 e. The van der Waals surface area contributed by atoms with E-state index in [1.165, 1.54) is 42.1 Å². The van der Waals surface area contributed by atoms with Crippen LogP contribution in [-0.4, -0.2) is 26.0 Å². The van der Waals surface area contributed by atoms with E-state index in [-0.39, 0.29) is 0 Å². The van der Waals surface area contributed by atoms with Gasteiger partial charge >= 0.3 is 0 Å². The minimum atomic E-state index is 0.878.